The van der Waals surface area contributed by atoms with Crippen LogP contribution in [-0.2, 0) is 24.3 Å². The Morgan fingerprint density at radius 2 is 1.79 bits per heavy atom. The molecule has 1 amide bonds. The van der Waals surface area contributed by atoms with E-state index in [1.54, 1.807) is 14.2 Å². The third-order valence-corrected chi connectivity index (χ3v) is 6.90. The summed E-state index contributed by atoms with van der Waals surface area (Å²) in [6.45, 7) is 3.81. The lowest BCUT2D eigenvalue weighted by Crippen LogP contribution is -2.30. The molecule has 6 nitrogen and oxygen atoms in total. The van der Waals surface area contributed by atoms with E-state index in [4.69, 9.17) is 9.47 Å². The van der Waals surface area contributed by atoms with Crippen molar-refractivity contribution in [2.24, 2.45) is 0 Å². The molecule has 0 saturated carbocycles. The number of amides is 1. The summed E-state index contributed by atoms with van der Waals surface area (Å²) in [6, 6.07) is 14.1. The van der Waals surface area contributed by atoms with Gasteiger partial charge >= 0.3 is 0 Å². The highest BCUT2D eigenvalue weighted by Crippen LogP contribution is 2.33. The Labute approximate surface area is 199 Å². The SMILES string of the molecule is COc1ccc(-c2nc(CC(=O)NCc3ccccc3CN3CCCCC3)cs2)cc1OC. The summed E-state index contributed by atoms with van der Waals surface area (Å²) in [4.78, 5) is 19.8. The van der Waals surface area contributed by atoms with Crippen LogP contribution >= 0.6 is 11.3 Å². The van der Waals surface area contributed by atoms with Gasteiger partial charge in [-0.1, -0.05) is 30.7 Å². The predicted molar refractivity (Wildman–Crippen MR) is 132 cm³/mol. The summed E-state index contributed by atoms with van der Waals surface area (Å²) in [7, 11) is 3.23. The summed E-state index contributed by atoms with van der Waals surface area (Å²) >= 11 is 1.52. The van der Waals surface area contributed by atoms with E-state index in [-0.39, 0.29) is 12.3 Å². The Kier molecular flexibility index (Phi) is 7.96. The van der Waals surface area contributed by atoms with Crippen LogP contribution in [0.1, 0.15) is 36.1 Å². The second-order valence-electron chi connectivity index (χ2n) is 8.27. The molecule has 0 spiro atoms. The van der Waals surface area contributed by atoms with Gasteiger partial charge in [-0.2, -0.15) is 0 Å². The number of thiazole rings is 1. The van der Waals surface area contributed by atoms with E-state index in [0.29, 0.717) is 18.0 Å². The Morgan fingerprint density at radius 1 is 1.03 bits per heavy atom. The second kappa shape index (κ2) is 11.3. The first kappa shape index (κ1) is 23.3. The summed E-state index contributed by atoms with van der Waals surface area (Å²) in [5, 5.41) is 5.87. The van der Waals surface area contributed by atoms with Gasteiger partial charge in [0.05, 0.1) is 26.3 Å². The normalized spacial score (nSPS) is 14.1. The minimum absolute atomic E-state index is 0.0214. The van der Waals surface area contributed by atoms with E-state index in [1.165, 1.54) is 41.7 Å². The number of aromatic nitrogens is 1. The number of nitrogens with one attached hydrogen (secondary N) is 1. The van der Waals surface area contributed by atoms with Crippen molar-refractivity contribution in [2.45, 2.75) is 38.8 Å². The maximum atomic E-state index is 12.6. The molecule has 1 aliphatic rings. The first-order valence-corrected chi connectivity index (χ1v) is 12.3. The number of ether oxygens (including phenoxy) is 2. The van der Waals surface area contributed by atoms with Gasteiger partial charge in [0.2, 0.25) is 5.91 Å². The van der Waals surface area contributed by atoms with Crippen LogP contribution in [0.2, 0.25) is 0 Å². The number of carbonyl (C=O) groups excluding carboxylic acids is 1. The van der Waals surface area contributed by atoms with Crippen LogP contribution in [0, 0.1) is 0 Å². The van der Waals surface area contributed by atoms with Crippen molar-refractivity contribution in [1.29, 1.82) is 0 Å². The third-order valence-electron chi connectivity index (χ3n) is 5.96. The zero-order valence-corrected chi connectivity index (χ0v) is 20.1. The first-order chi connectivity index (χ1) is 16.2. The van der Waals surface area contributed by atoms with Crippen LogP contribution in [0.25, 0.3) is 10.6 Å². The maximum Gasteiger partial charge on any atom is 0.226 e. The monoisotopic (exact) mass is 465 g/mol. The topological polar surface area (TPSA) is 63.7 Å². The molecule has 0 radical (unpaired) electrons. The zero-order valence-electron chi connectivity index (χ0n) is 19.3. The van der Waals surface area contributed by atoms with E-state index >= 15 is 0 Å². The van der Waals surface area contributed by atoms with E-state index in [2.05, 4.69) is 33.4 Å². The van der Waals surface area contributed by atoms with Crippen LogP contribution in [0.3, 0.4) is 0 Å². The van der Waals surface area contributed by atoms with Gasteiger partial charge in [-0.3, -0.25) is 9.69 Å². The number of likely N-dealkylation sites (tertiary alicyclic amines) is 1. The van der Waals surface area contributed by atoms with Gasteiger partial charge in [0.1, 0.15) is 5.01 Å². The van der Waals surface area contributed by atoms with Crippen molar-refractivity contribution in [3.63, 3.8) is 0 Å². The lowest BCUT2D eigenvalue weighted by atomic mass is 10.0. The minimum atomic E-state index is -0.0214. The smallest absolute Gasteiger partial charge is 0.226 e. The van der Waals surface area contributed by atoms with Crippen molar-refractivity contribution in [2.75, 3.05) is 27.3 Å². The van der Waals surface area contributed by atoms with Gasteiger partial charge < -0.3 is 14.8 Å². The number of rotatable bonds is 9. The maximum absolute atomic E-state index is 12.6. The highest BCUT2D eigenvalue weighted by molar-refractivity contribution is 7.13. The minimum Gasteiger partial charge on any atom is -0.493 e. The van der Waals surface area contributed by atoms with Gasteiger partial charge in [0.15, 0.2) is 11.5 Å². The average molecular weight is 466 g/mol. The number of hydrogen-bond donors (Lipinski definition) is 1. The molecule has 0 unspecified atom stereocenters. The van der Waals surface area contributed by atoms with Gasteiger partial charge in [-0.05, 0) is 55.3 Å². The molecule has 1 aromatic heterocycles. The molecule has 33 heavy (non-hydrogen) atoms. The van der Waals surface area contributed by atoms with Gasteiger partial charge in [0.25, 0.3) is 0 Å². The number of carbonyl (C=O) groups is 1. The van der Waals surface area contributed by atoms with Crippen LogP contribution in [0.15, 0.2) is 47.8 Å². The molecule has 7 heteroatoms. The summed E-state index contributed by atoms with van der Waals surface area (Å²) in [6.07, 6.45) is 4.15. The predicted octanol–water partition coefficient (Wildman–Crippen LogP) is 4.67. The molecule has 174 valence electrons. The van der Waals surface area contributed by atoms with E-state index < -0.39 is 0 Å². The number of benzene rings is 2. The van der Waals surface area contributed by atoms with Gasteiger partial charge in [0, 0.05) is 24.0 Å². The molecule has 0 atom stereocenters. The van der Waals surface area contributed by atoms with Gasteiger partial charge in [-0.15, -0.1) is 11.3 Å². The molecule has 1 N–H and O–H groups in total. The Balaban J connectivity index is 1.34. The number of piperidine rings is 1. The van der Waals surface area contributed by atoms with Gasteiger partial charge in [-0.25, -0.2) is 4.98 Å². The van der Waals surface area contributed by atoms with Crippen molar-refractivity contribution >= 4 is 17.2 Å². The molecule has 1 saturated heterocycles. The van der Waals surface area contributed by atoms with Crippen LogP contribution in [0.5, 0.6) is 11.5 Å². The molecule has 1 aliphatic heterocycles. The highest BCUT2D eigenvalue weighted by atomic mass is 32.1. The molecule has 3 aromatic rings. The molecular formula is C26H31N3O3S. The fraction of sp³-hybridized carbons (Fsp3) is 0.385. The van der Waals surface area contributed by atoms with Crippen molar-refractivity contribution < 1.29 is 14.3 Å². The van der Waals surface area contributed by atoms with E-state index in [1.807, 2.05) is 29.6 Å². The Bertz CT molecular complexity index is 1080. The van der Waals surface area contributed by atoms with Crippen molar-refractivity contribution in [1.82, 2.24) is 15.2 Å². The van der Waals surface area contributed by atoms with Crippen LogP contribution in [-0.4, -0.2) is 43.1 Å². The molecule has 0 aliphatic carbocycles. The highest BCUT2D eigenvalue weighted by Gasteiger charge is 2.14. The fourth-order valence-corrected chi connectivity index (χ4v) is 4.97. The number of hydrogen-bond acceptors (Lipinski definition) is 6. The Hall–Kier alpha value is -2.90. The molecule has 2 heterocycles. The lowest BCUT2D eigenvalue weighted by Gasteiger charge is -2.27. The zero-order chi connectivity index (χ0) is 23.0. The average Bonchev–Trinajstić information content (AvgIpc) is 3.32. The van der Waals surface area contributed by atoms with E-state index in [9.17, 15) is 4.79 Å². The molecule has 0 bridgehead atoms. The van der Waals surface area contributed by atoms with E-state index in [0.717, 1.165) is 35.9 Å². The fourth-order valence-electron chi connectivity index (χ4n) is 4.15. The number of methoxy groups -OCH3 is 2. The Morgan fingerprint density at radius 3 is 2.55 bits per heavy atom. The van der Waals surface area contributed by atoms with Crippen molar-refractivity contribution in [3.8, 4) is 22.1 Å². The quantitative estimate of drug-likeness (QED) is 0.497. The summed E-state index contributed by atoms with van der Waals surface area (Å²) in [5.74, 6) is 1.32. The molecule has 2 aromatic carbocycles. The molecule has 1 fully saturated rings. The second-order valence-corrected chi connectivity index (χ2v) is 9.13. The molecular weight excluding hydrogens is 434 g/mol. The van der Waals surface area contributed by atoms with Crippen LogP contribution in [0.4, 0.5) is 0 Å². The largest absolute Gasteiger partial charge is 0.493 e. The van der Waals surface area contributed by atoms with Crippen molar-refractivity contribution in [3.05, 3.63) is 64.7 Å². The first-order valence-electron chi connectivity index (χ1n) is 11.4. The third kappa shape index (κ3) is 6.12. The standard InChI is InChI=1S/C26H31N3O3S/c1-31-23-11-10-19(14-24(23)32-2)26-28-22(18-33-26)15-25(30)27-16-20-8-4-5-9-21(20)17-29-12-6-3-7-13-29/h4-5,8-11,14,18H,3,6-7,12-13,15-17H2,1-2H3,(H,27,30). The summed E-state index contributed by atoms with van der Waals surface area (Å²) in [5.41, 5.74) is 4.18. The lowest BCUT2D eigenvalue weighted by molar-refractivity contribution is -0.120. The van der Waals surface area contributed by atoms with Crippen LogP contribution < -0.4 is 14.8 Å². The number of nitrogens with zero attached hydrogens (tertiary/aromatic N) is 2. The molecule has 4 rings (SSSR count). The summed E-state index contributed by atoms with van der Waals surface area (Å²) < 4.78 is 10.7.